The fraction of sp³-hybridized carbons (Fsp3) is 0.0800. The fourth-order valence-electron chi connectivity index (χ4n) is 3.17. The number of benzene rings is 2. The molecule has 1 aliphatic carbocycles. The van der Waals surface area contributed by atoms with Gasteiger partial charge in [0.25, 0.3) is 0 Å². The Labute approximate surface area is 159 Å². The van der Waals surface area contributed by atoms with Crippen LogP contribution in [0.4, 0.5) is 0 Å². The molecule has 2 nitrogen and oxygen atoms in total. The molecule has 0 spiro atoms. The van der Waals surface area contributed by atoms with Crippen molar-refractivity contribution >= 4 is 17.2 Å². The van der Waals surface area contributed by atoms with Crippen LogP contribution in [0.25, 0.3) is 28.6 Å². The Bertz CT molecular complexity index is 1110. The number of fused-ring (bicyclic) bond motifs is 3. The van der Waals surface area contributed by atoms with Crippen molar-refractivity contribution in [3.8, 4) is 11.5 Å². The second kappa shape index (κ2) is 7.46. The number of nitrogens with zero attached hydrogens (tertiary/aromatic N) is 1. The van der Waals surface area contributed by atoms with Crippen molar-refractivity contribution < 1.29 is 4.42 Å². The Morgan fingerprint density at radius 1 is 1.04 bits per heavy atom. The maximum atomic E-state index is 6.19. The molecule has 0 radical (unpaired) electrons. The number of hydrogen-bond donors (Lipinski definition) is 0. The van der Waals surface area contributed by atoms with E-state index < -0.39 is 0 Å². The highest BCUT2D eigenvalue weighted by molar-refractivity contribution is 5.83. The molecule has 27 heavy (non-hydrogen) atoms. The minimum atomic E-state index is 0.659. The third kappa shape index (κ3) is 3.47. The lowest BCUT2D eigenvalue weighted by Crippen LogP contribution is -1.90. The molecule has 0 atom stereocenters. The van der Waals surface area contributed by atoms with Gasteiger partial charge >= 0.3 is 0 Å². The van der Waals surface area contributed by atoms with Crippen LogP contribution in [0.1, 0.15) is 18.1 Å². The Morgan fingerprint density at radius 2 is 1.89 bits per heavy atom. The zero-order chi connectivity index (χ0) is 18.6. The van der Waals surface area contributed by atoms with Gasteiger partial charge in [0, 0.05) is 11.1 Å². The monoisotopic (exact) mass is 351 g/mol. The van der Waals surface area contributed by atoms with E-state index in [-0.39, 0.29) is 0 Å². The largest absolute Gasteiger partial charge is 0.436 e. The van der Waals surface area contributed by atoms with Crippen molar-refractivity contribution in [3.05, 3.63) is 108 Å². The van der Waals surface area contributed by atoms with Gasteiger partial charge in [-0.05, 0) is 48.3 Å². The third-order valence-electron chi connectivity index (χ3n) is 4.77. The fourth-order valence-corrected chi connectivity index (χ4v) is 3.17. The zero-order valence-corrected chi connectivity index (χ0v) is 15.4. The summed E-state index contributed by atoms with van der Waals surface area (Å²) in [7, 11) is 0. The van der Waals surface area contributed by atoms with E-state index in [1.165, 1.54) is 0 Å². The maximum absolute atomic E-state index is 6.19. The summed E-state index contributed by atoms with van der Waals surface area (Å²) < 4.78 is 6.19. The van der Waals surface area contributed by atoms with Gasteiger partial charge in [0.2, 0.25) is 5.89 Å². The Balaban J connectivity index is 1.86. The van der Waals surface area contributed by atoms with Crippen LogP contribution in [-0.4, -0.2) is 4.98 Å². The second-order valence-electron chi connectivity index (χ2n) is 6.53. The van der Waals surface area contributed by atoms with E-state index in [1.807, 2.05) is 42.5 Å². The molecule has 0 amide bonds. The molecule has 3 aromatic rings. The van der Waals surface area contributed by atoms with Crippen LogP contribution in [-0.2, 0) is 6.42 Å². The topological polar surface area (TPSA) is 26.0 Å². The van der Waals surface area contributed by atoms with Crippen molar-refractivity contribution in [1.82, 2.24) is 4.98 Å². The molecule has 1 aliphatic rings. The Kier molecular flexibility index (Phi) is 4.71. The average molecular weight is 351 g/mol. The first-order valence-corrected chi connectivity index (χ1v) is 9.08. The molecule has 1 aromatic heterocycles. The maximum Gasteiger partial charge on any atom is 0.227 e. The summed E-state index contributed by atoms with van der Waals surface area (Å²) in [6.07, 6.45) is 15.3. The van der Waals surface area contributed by atoms with Crippen molar-refractivity contribution in [2.24, 2.45) is 0 Å². The molecule has 1 heterocycles. The summed E-state index contributed by atoms with van der Waals surface area (Å²) in [5.74, 6) is 0.659. The van der Waals surface area contributed by atoms with Gasteiger partial charge in [-0.15, -0.1) is 0 Å². The van der Waals surface area contributed by atoms with Gasteiger partial charge in [-0.25, -0.2) is 4.98 Å². The standard InChI is InChI=1S/C25H21NO/c1-3-18(2)19-10-6-5-9-13-22-20(15-14-19)16-17-23-24(22)27-25(26-23)21-11-7-4-8-12-21/h3-12,14-17H,1,13H2,2H3/b9-5-,10-6-,15-14-,19-18+. The predicted octanol–water partition coefficient (Wildman–Crippen LogP) is 6.68. The number of oxazole rings is 1. The first-order valence-electron chi connectivity index (χ1n) is 9.08. The zero-order valence-electron chi connectivity index (χ0n) is 15.4. The number of hydrogen-bond acceptors (Lipinski definition) is 2. The molecule has 4 rings (SSSR count). The van der Waals surface area contributed by atoms with E-state index in [4.69, 9.17) is 9.40 Å². The Morgan fingerprint density at radius 3 is 2.70 bits per heavy atom. The van der Waals surface area contributed by atoms with Gasteiger partial charge in [0.1, 0.15) is 5.52 Å². The highest BCUT2D eigenvalue weighted by Gasteiger charge is 2.13. The summed E-state index contributed by atoms with van der Waals surface area (Å²) in [5, 5.41) is 0. The van der Waals surface area contributed by atoms with Crippen LogP contribution in [0, 0.1) is 0 Å². The van der Waals surface area contributed by atoms with Gasteiger partial charge in [0.05, 0.1) is 0 Å². The molecule has 132 valence electrons. The van der Waals surface area contributed by atoms with Crippen LogP contribution < -0.4 is 0 Å². The molecule has 0 saturated carbocycles. The summed E-state index contributed by atoms with van der Waals surface area (Å²) in [5.41, 5.74) is 7.32. The smallest absolute Gasteiger partial charge is 0.227 e. The molecule has 0 saturated heterocycles. The molecule has 2 heteroatoms. The van der Waals surface area contributed by atoms with Gasteiger partial charge < -0.3 is 4.42 Å². The van der Waals surface area contributed by atoms with E-state index in [0.29, 0.717) is 5.89 Å². The molecule has 0 N–H and O–H groups in total. The van der Waals surface area contributed by atoms with Gasteiger partial charge in [-0.1, -0.05) is 73.4 Å². The minimum absolute atomic E-state index is 0.659. The summed E-state index contributed by atoms with van der Waals surface area (Å²) in [6.45, 7) is 5.95. The molecular formula is C25H21NO. The molecule has 0 aliphatic heterocycles. The van der Waals surface area contributed by atoms with Crippen molar-refractivity contribution in [2.75, 3.05) is 0 Å². The summed E-state index contributed by atoms with van der Waals surface area (Å²) in [4.78, 5) is 4.69. The van der Waals surface area contributed by atoms with E-state index in [9.17, 15) is 0 Å². The highest BCUT2D eigenvalue weighted by Crippen LogP contribution is 2.30. The van der Waals surface area contributed by atoms with Crippen molar-refractivity contribution in [2.45, 2.75) is 13.3 Å². The number of aromatic nitrogens is 1. The van der Waals surface area contributed by atoms with Crippen LogP contribution in [0.5, 0.6) is 0 Å². The molecular weight excluding hydrogens is 330 g/mol. The Hall–Kier alpha value is -3.39. The predicted molar refractivity (Wildman–Crippen MR) is 113 cm³/mol. The lowest BCUT2D eigenvalue weighted by molar-refractivity contribution is 0.616. The second-order valence-corrected chi connectivity index (χ2v) is 6.53. The van der Waals surface area contributed by atoms with Crippen molar-refractivity contribution in [3.63, 3.8) is 0 Å². The van der Waals surface area contributed by atoms with Crippen LogP contribution in [0.3, 0.4) is 0 Å². The lowest BCUT2D eigenvalue weighted by atomic mass is 9.99. The first kappa shape index (κ1) is 17.0. The molecule has 2 aromatic carbocycles. The highest BCUT2D eigenvalue weighted by atomic mass is 16.3. The van der Waals surface area contributed by atoms with Crippen molar-refractivity contribution in [1.29, 1.82) is 0 Å². The summed E-state index contributed by atoms with van der Waals surface area (Å²) in [6, 6.07) is 14.2. The van der Waals surface area contributed by atoms with Gasteiger partial charge in [-0.3, -0.25) is 0 Å². The van der Waals surface area contributed by atoms with E-state index >= 15 is 0 Å². The normalized spacial score (nSPS) is 19.1. The lowest BCUT2D eigenvalue weighted by Gasteiger charge is -2.06. The van der Waals surface area contributed by atoms with E-state index in [2.05, 4.69) is 56.0 Å². The third-order valence-corrected chi connectivity index (χ3v) is 4.77. The average Bonchev–Trinajstić information content (AvgIpc) is 3.16. The minimum Gasteiger partial charge on any atom is -0.436 e. The van der Waals surface area contributed by atoms with Crippen LogP contribution in [0.2, 0.25) is 0 Å². The van der Waals surface area contributed by atoms with E-state index in [1.54, 1.807) is 0 Å². The number of allylic oxidation sites excluding steroid dienone is 8. The molecule has 0 bridgehead atoms. The summed E-state index contributed by atoms with van der Waals surface area (Å²) >= 11 is 0. The van der Waals surface area contributed by atoms with E-state index in [0.717, 1.165) is 45.4 Å². The van der Waals surface area contributed by atoms with Crippen LogP contribution >= 0.6 is 0 Å². The van der Waals surface area contributed by atoms with Gasteiger partial charge in [-0.2, -0.15) is 0 Å². The first-order chi connectivity index (χ1) is 13.3. The SMILES string of the molecule is C=C/C(C)=C1\C=C/C=C\Cc2c(ccc3nc(-c4ccccc4)oc23)/C=C\1. The van der Waals surface area contributed by atoms with Gasteiger partial charge in [0.15, 0.2) is 5.58 Å². The molecule has 0 fully saturated rings. The molecule has 0 unspecified atom stereocenters. The number of rotatable bonds is 2. The quantitative estimate of drug-likeness (QED) is 0.515. The van der Waals surface area contributed by atoms with Crippen LogP contribution in [0.15, 0.2) is 101 Å².